The monoisotopic (exact) mass is 428 g/mol. The molecule has 0 aliphatic heterocycles. The van der Waals surface area contributed by atoms with E-state index in [4.69, 9.17) is 4.74 Å². The molecule has 0 aromatic heterocycles. The zero-order valence-electron chi connectivity index (χ0n) is 19.3. The normalized spacial score (nSPS) is 28.4. The number of carbonyl (C=O) groups is 2. The number of rotatable bonds is 10. The Balaban J connectivity index is 0.00000450. The molecule has 2 aliphatic carbocycles. The molecule has 1 N–H and O–H groups in total. The van der Waals surface area contributed by atoms with Crippen LogP contribution >= 0.6 is 0 Å². The van der Waals surface area contributed by atoms with Crippen molar-refractivity contribution in [2.24, 2.45) is 29.6 Å². The molecule has 0 amide bonds. The molecule has 0 aromatic rings. The molecule has 0 spiro atoms. The van der Waals surface area contributed by atoms with Crippen molar-refractivity contribution < 1.29 is 54.1 Å². The van der Waals surface area contributed by atoms with E-state index < -0.39 is 12.1 Å². The molecule has 2 rings (SSSR count). The molecule has 0 aromatic carbocycles. The molecule has 1 unspecified atom stereocenters. The van der Waals surface area contributed by atoms with Crippen molar-refractivity contribution >= 4 is 11.9 Å². The standard InChI is InChI=1S/C24H38O5.Na/c1-5-15(2)24(28)29-21-10-6-8-18-13-12-16(3)19(23(18)21)14-17(4)20(25)9-7-11-22(26)27;/h8,12-13,15-17,19-21,23,25H,5-7,9-11,14H2,1-4H3,(H,26,27);/q;+1/p-1/t15-,16-,17-,19-,20?,21-,23-;/m0./s1. The number of esters is 1. The second-order valence-electron chi connectivity index (χ2n) is 9.02. The van der Waals surface area contributed by atoms with Crippen molar-refractivity contribution in [3.8, 4) is 0 Å². The Morgan fingerprint density at radius 2 is 2.03 bits per heavy atom. The molecule has 6 heteroatoms. The van der Waals surface area contributed by atoms with Gasteiger partial charge in [0.15, 0.2) is 0 Å². The number of fused-ring (bicyclic) bond motifs is 1. The van der Waals surface area contributed by atoms with Gasteiger partial charge in [-0.3, -0.25) is 4.79 Å². The van der Waals surface area contributed by atoms with Gasteiger partial charge in [0.05, 0.1) is 12.0 Å². The second-order valence-corrected chi connectivity index (χ2v) is 9.02. The zero-order valence-corrected chi connectivity index (χ0v) is 21.3. The van der Waals surface area contributed by atoms with Gasteiger partial charge >= 0.3 is 35.5 Å². The third-order valence-corrected chi connectivity index (χ3v) is 6.81. The first-order valence-electron chi connectivity index (χ1n) is 11.2. The summed E-state index contributed by atoms with van der Waals surface area (Å²) >= 11 is 0. The molecular formula is C24H37NaO5. The molecule has 164 valence electrons. The third-order valence-electron chi connectivity index (χ3n) is 6.81. The van der Waals surface area contributed by atoms with Crippen LogP contribution in [0, 0.1) is 29.6 Å². The Labute approximate surface area is 203 Å². The Hall–Kier alpha value is -0.620. The SMILES string of the molecule is CC[C@H](C)C(=O)O[C@H]1CCC=C2C=C[C@H](C)[C@H](C[C@H](C)C(O)CCCC(=O)[O-])[C@H]21.[Na+]. The Morgan fingerprint density at radius 1 is 1.33 bits per heavy atom. The maximum atomic E-state index is 12.5. The minimum atomic E-state index is -1.07. The Morgan fingerprint density at radius 3 is 2.67 bits per heavy atom. The van der Waals surface area contributed by atoms with E-state index in [1.807, 2.05) is 20.8 Å². The van der Waals surface area contributed by atoms with Crippen LogP contribution in [0.1, 0.15) is 72.6 Å². The van der Waals surface area contributed by atoms with Crippen LogP contribution < -0.4 is 34.7 Å². The number of carboxylic acids is 1. The van der Waals surface area contributed by atoms with E-state index in [1.165, 1.54) is 5.57 Å². The summed E-state index contributed by atoms with van der Waals surface area (Å²) in [7, 11) is 0. The van der Waals surface area contributed by atoms with Crippen molar-refractivity contribution in [3.63, 3.8) is 0 Å². The van der Waals surface area contributed by atoms with E-state index >= 15 is 0 Å². The van der Waals surface area contributed by atoms with Crippen molar-refractivity contribution in [3.05, 3.63) is 23.8 Å². The van der Waals surface area contributed by atoms with Crippen LogP contribution in [0.3, 0.4) is 0 Å². The van der Waals surface area contributed by atoms with Gasteiger partial charge in [0.1, 0.15) is 6.10 Å². The predicted octanol–water partition coefficient (Wildman–Crippen LogP) is 0.414. The topological polar surface area (TPSA) is 86.7 Å². The van der Waals surface area contributed by atoms with Gasteiger partial charge in [0.2, 0.25) is 0 Å². The Bertz CT molecular complexity index is 629. The molecule has 0 heterocycles. The summed E-state index contributed by atoms with van der Waals surface area (Å²) < 4.78 is 5.98. The molecule has 5 nitrogen and oxygen atoms in total. The van der Waals surface area contributed by atoms with Gasteiger partial charge in [-0.15, -0.1) is 0 Å². The average molecular weight is 429 g/mol. The van der Waals surface area contributed by atoms with E-state index in [0.717, 1.165) is 25.7 Å². The van der Waals surface area contributed by atoms with Crippen LogP contribution in [0.25, 0.3) is 0 Å². The minimum Gasteiger partial charge on any atom is -0.550 e. The maximum absolute atomic E-state index is 12.5. The van der Waals surface area contributed by atoms with Crippen LogP contribution in [0.2, 0.25) is 0 Å². The first-order valence-corrected chi connectivity index (χ1v) is 11.2. The fraction of sp³-hybridized carbons (Fsp3) is 0.750. The van der Waals surface area contributed by atoms with Gasteiger partial charge in [-0.2, -0.15) is 0 Å². The van der Waals surface area contributed by atoms with E-state index in [2.05, 4.69) is 25.2 Å². The fourth-order valence-corrected chi connectivity index (χ4v) is 4.63. The van der Waals surface area contributed by atoms with E-state index in [9.17, 15) is 19.8 Å². The molecule has 0 saturated carbocycles. The molecule has 2 aliphatic rings. The molecule has 7 atom stereocenters. The van der Waals surface area contributed by atoms with E-state index in [0.29, 0.717) is 18.8 Å². The van der Waals surface area contributed by atoms with Crippen molar-refractivity contribution in [2.45, 2.75) is 84.8 Å². The maximum Gasteiger partial charge on any atom is 1.00 e. The van der Waals surface area contributed by atoms with Gasteiger partial charge in [-0.25, -0.2) is 0 Å². The van der Waals surface area contributed by atoms with Crippen LogP contribution in [-0.2, 0) is 14.3 Å². The van der Waals surface area contributed by atoms with Crippen LogP contribution in [-0.4, -0.2) is 29.3 Å². The van der Waals surface area contributed by atoms with Crippen LogP contribution in [0.15, 0.2) is 23.8 Å². The number of carboxylic acid groups (broad SMARTS) is 1. The van der Waals surface area contributed by atoms with Crippen LogP contribution in [0.5, 0.6) is 0 Å². The number of hydrogen-bond donors (Lipinski definition) is 1. The summed E-state index contributed by atoms with van der Waals surface area (Å²) in [6, 6.07) is 0. The van der Waals surface area contributed by atoms with Crippen molar-refractivity contribution in [2.75, 3.05) is 0 Å². The van der Waals surface area contributed by atoms with Crippen LogP contribution in [0.4, 0.5) is 0 Å². The number of ether oxygens (including phenoxy) is 1. The zero-order chi connectivity index (χ0) is 21.6. The fourth-order valence-electron chi connectivity index (χ4n) is 4.63. The summed E-state index contributed by atoms with van der Waals surface area (Å²) in [4.78, 5) is 23.1. The number of aliphatic hydroxyl groups is 1. The summed E-state index contributed by atoms with van der Waals surface area (Å²) in [6.07, 6.45) is 10.2. The number of aliphatic hydroxyl groups excluding tert-OH is 1. The van der Waals surface area contributed by atoms with Gasteiger partial charge < -0.3 is 19.7 Å². The molecular weight excluding hydrogens is 391 g/mol. The largest absolute Gasteiger partial charge is 1.00 e. The van der Waals surface area contributed by atoms with Gasteiger partial charge in [0, 0.05) is 11.9 Å². The number of aliphatic carboxylic acids is 1. The number of carbonyl (C=O) groups excluding carboxylic acids is 2. The quantitative estimate of drug-likeness (QED) is 0.402. The summed E-state index contributed by atoms with van der Waals surface area (Å²) in [5.74, 6) is -0.456. The second kappa shape index (κ2) is 13.0. The average Bonchev–Trinajstić information content (AvgIpc) is 2.68. The first kappa shape index (κ1) is 27.4. The molecule has 0 fully saturated rings. The molecule has 0 saturated heterocycles. The molecule has 30 heavy (non-hydrogen) atoms. The third kappa shape index (κ3) is 7.51. The Kier molecular flexibility index (Phi) is 11.9. The molecule has 0 bridgehead atoms. The first-order chi connectivity index (χ1) is 13.7. The summed E-state index contributed by atoms with van der Waals surface area (Å²) in [5.41, 5.74) is 1.25. The number of allylic oxidation sites excluding steroid dienone is 3. The van der Waals surface area contributed by atoms with Crippen molar-refractivity contribution in [1.29, 1.82) is 0 Å². The van der Waals surface area contributed by atoms with E-state index in [-0.39, 0.29) is 71.7 Å². The summed E-state index contributed by atoms with van der Waals surface area (Å²) in [5, 5.41) is 21.1. The van der Waals surface area contributed by atoms with Crippen molar-refractivity contribution in [1.82, 2.24) is 0 Å². The smallest absolute Gasteiger partial charge is 0.550 e. The minimum absolute atomic E-state index is 0. The van der Waals surface area contributed by atoms with Gasteiger partial charge in [-0.05, 0) is 68.3 Å². The summed E-state index contributed by atoms with van der Waals surface area (Å²) in [6.45, 7) is 8.13. The van der Waals surface area contributed by atoms with Gasteiger partial charge in [-0.1, -0.05) is 45.9 Å². The van der Waals surface area contributed by atoms with E-state index in [1.54, 1.807) is 0 Å². The van der Waals surface area contributed by atoms with Gasteiger partial charge in [0.25, 0.3) is 0 Å². The number of hydrogen-bond acceptors (Lipinski definition) is 5. The molecule has 0 radical (unpaired) electrons. The predicted molar refractivity (Wildman–Crippen MR) is 111 cm³/mol.